The molecule has 0 aromatic heterocycles. The zero-order chi connectivity index (χ0) is 15.4. The molecule has 1 aromatic carbocycles. The van der Waals surface area contributed by atoms with E-state index in [1.165, 1.54) is 11.1 Å². The number of anilines is 1. The Morgan fingerprint density at radius 3 is 2.57 bits per heavy atom. The Balaban J connectivity index is 0.000000774. The van der Waals surface area contributed by atoms with Crippen molar-refractivity contribution in [3.63, 3.8) is 0 Å². The van der Waals surface area contributed by atoms with Gasteiger partial charge in [-0.1, -0.05) is 20.8 Å². The third-order valence-corrected chi connectivity index (χ3v) is 4.13. The van der Waals surface area contributed by atoms with E-state index in [0.29, 0.717) is 0 Å². The quantitative estimate of drug-likeness (QED) is 0.910. The molecule has 1 amide bonds. The number of hydrogen-bond acceptors (Lipinski definition) is 3. The van der Waals surface area contributed by atoms with Crippen molar-refractivity contribution in [3.05, 3.63) is 23.3 Å². The van der Waals surface area contributed by atoms with Gasteiger partial charge in [0.15, 0.2) is 0 Å². The molecule has 2 aliphatic heterocycles. The highest BCUT2D eigenvalue weighted by atomic mass is 16.5. The average molecular weight is 290 g/mol. The van der Waals surface area contributed by atoms with Gasteiger partial charge in [0, 0.05) is 25.6 Å². The molecule has 21 heavy (non-hydrogen) atoms. The molecule has 0 bridgehead atoms. The van der Waals surface area contributed by atoms with Gasteiger partial charge < -0.3 is 15.0 Å². The fourth-order valence-electron chi connectivity index (χ4n) is 2.98. The van der Waals surface area contributed by atoms with Crippen LogP contribution in [0, 0.1) is 5.92 Å². The number of piperidine rings is 1. The smallest absolute Gasteiger partial charge is 0.229 e. The Morgan fingerprint density at radius 2 is 1.90 bits per heavy atom. The highest BCUT2D eigenvalue weighted by Gasteiger charge is 2.29. The zero-order valence-corrected chi connectivity index (χ0v) is 13.5. The minimum absolute atomic E-state index is 0.116. The summed E-state index contributed by atoms with van der Waals surface area (Å²) in [5.74, 6) is 1.14. The Morgan fingerprint density at radius 1 is 1.24 bits per heavy atom. The number of rotatable bonds is 2. The third kappa shape index (κ3) is 3.05. The Bertz CT molecular complexity index is 514. The lowest BCUT2D eigenvalue weighted by Gasteiger charge is -2.32. The van der Waals surface area contributed by atoms with Crippen LogP contribution in [0.1, 0.15) is 44.7 Å². The normalized spacial score (nSPS) is 20.7. The van der Waals surface area contributed by atoms with E-state index in [9.17, 15) is 4.79 Å². The molecule has 0 spiro atoms. The molecule has 1 N–H and O–H groups in total. The van der Waals surface area contributed by atoms with Gasteiger partial charge in [-0.3, -0.25) is 4.79 Å². The van der Waals surface area contributed by atoms with Crippen molar-refractivity contribution < 1.29 is 9.53 Å². The summed E-state index contributed by atoms with van der Waals surface area (Å²) >= 11 is 0. The van der Waals surface area contributed by atoms with Crippen LogP contribution in [0.15, 0.2) is 12.1 Å². The molecular weight excluding hydrogens is 264 g/mol. The van der Waals surface area contributed by atoms with Gasteiger partial charge in [0.2, 0.25) is 5.91 Å². The molecule has 1 unspecified atom stereocenters. The monoisotopic (exact) mass is 290 g/mol. The number of nitrogens with zero attached hydrogens (tertiary/aromatic N) is 1. The Kier molecular flexibility index (Phi) is 5.23. The number of benzene rings is 1. The third-order valence-electron chi connectivity index (χ3n) is 4.13. The summed E-state index contributed by atoms with van der Waals surface area (Å²) in [6.45, 7) is 8.57. The maximum atomic E-state index is 12.3. The van der Waals surface area contributed by atoms with Gasteiger partial charge in [0.25, 0.3) is 0 Å². The standard InChI is InChI=1S/C15H20N2O2.C2H6/c1-10-4-3-5-17(15(10)18)13-6-11-8-16-9-12(11)7-14(13)19-2;1-2/h6-7,10,16H,3-5,8-9H2,1-2H3;1-2H3. The number of methoxy groups -OCH3 is 1. The molecular formula is C17H26N2O2. The predicted octanol–water partition coefficient (Wildman–Crippen LogP) is 3.09. The van der Waals surface area contributed by atoms with Crippen LogP contribution in [0.5, 0.6) is 5.75 Å². The summed E-state index contributed by atoms with van der Waals surface area (Å²) < 4.78 is 5.49. The van der Waals surface area contributed by atoms with Crippen LogP contribution in [-0.4, -0.2) is 19.6 Å². The van der Waals surface area contributed by atoms with Gasteiger partial charge in [-0.25, -0.2) is 0 Å². The lowest BCUT2D eigenvalue weighted by atomic mass is 9.97. The lowest BCUT2D eigenvalue weighted by Crippen LogP contribution is -2.40. The first-order chi connectivity index (χ1) is 10.2. The van der Waals surface area contributed by atoms with E-state index >= 15 is 0 Å². The van der Waals surface area contributed by atoms with Gasteiger partial charge in [0.1, 0.15) is 5.75 Å². The zero-order valence-electron chi connectivity index (χ0n) is 13.5. The summed E-state index contributed by atoms with van der Waals surface area (Å²) in [5, 5.41) is 3.33. The summed E-state index contributed by atoms with van der Waals surface area (Å²) in [7, 11) is 1.67. The number of ether oxygens (including phenoxy) is 1. The SMILES string of the molecule is CC.COc1cc2c(cc1N1CCCC(C)C1=O)CNC2. The van der Waals surface area contributed by atoms with Gasteiger partial charge in [-0.2, -0.15) is 0 Å². The second kappa shape index (κ2) is 6.94. The molecule has 4 heteroatoms. The number of fused-ring (bicyclic) bond motifs is 1. The van der Waals surface area contributed by atoms with Gasteiger partial charge in [-0.15, -0.1) is 0 Å². The van der Waals surface area contributed by atoms with Crippen LogP contribution in [0.25, 0.3) is 0 Å². The van der Waals surface area contributed by atoms with Crippen molar-refractivity contribution in [3.8, 4) is 5.75 Å². The molecule has 0 saturated carbocycles. The molecule has 4 nitrogen and oxygen atoms in total. The van der Waals surface area contributed by atoms with Crippen LogP contribution in [-0.2, 0) is 17.9 Å². The topological polar surface area (TPSA) is 41.6 Å². The van der Waals surface area contributed by atoms with Crippen molar-refractivity contribution in [2.75, 3.05) is 18.6 Å². The fraction of sp³-hybridized carbons (Fsp3) is 0.588. The highest BCUT2D eigenvalue weighted by Crippen LogP contribution is 2.36. The number of nitrogens with one attached hydrogen (secondary N) is 1. The summed E-state index contributed by atoms with van der Waals surface area (Å²) in [5.41, 5.74) is 3.49. The van der Waals surface area contributed by atoms with E-state index in [-0.39, 0.29) is 11.8 Å². The second-order valence-electron chi connectivity index (χ2n) is 5.43. The van der Waals surface area contributed by atoms with Crippen LogP contribution in [0.3, 0.4) is 0 Å². The van der Waals surface area contributed by atoms with Crippen molar-refractivity contribution in [2.24, 2.45) is 5.92 Å². The van der Waals surface area contributed by atoms with Crippen LogP contribution in [0.4, 0.5) is 5.69 Å². The maximum Gasteiger partial charge on any atom is 0.229 e. The number of carbonyl (C=O) groups is 1. The van der Waals surface area contributed by atoms with Gasteiger partial charge in [0.05, 0.1) is 12.8 Å². The van der Waals surface area contributed by atoms with E-state index in [4.69, 9.17) is 4.74 Å². The molecule has 3 rings (SSSR count). The summed E-state index contributed by atoms with van der Waals surface area (Å²) in [6, 6.07) is 4.18. The number of hydrogen-bond donors (Lipinski definition) is 1. The predicted molar refractivity (Wildman–Crippen MR) is 85.6 cm³/mol. The fourth-order valence-corrected chi connectivity index (χ4v) is 2.98. The van der Waals surface area contributed by atoms with Crippen molar-refractivity contribution in [1.29, 1.82) is 0 Å². The van der Waals surface area contributed by atoms with E-state index < -0.39 is 0 Å². The highest BCUT2D eigenvalue weighted by molar-refractivity contribution is 5.97. The molecule has 2 aliphatic rings. The van der Waals surface area contributed by atoms with Gasteiger partial charge in [-0.05, 0) is 36.1 Å². The molecule has 1 saturated heterocycles. The molecule has 1 fully saturated rings. The van der Waals surface area contributed by atoms with Gasteiger partial charge >= 0.3 is 0 Å². The van der Waals surface area contributed by atoms with Crippen LogP contribution < -0.4 is 15.0 Å². The van der Waals surface area contributed by atoms with Crippen molar-refractivity contribution in [1.82, 2.24) is 5.32 Å². The Labute approximate surface area is 127 Å². The molecule has 0 radical (unpaired) electrons. The second-order valence-corrected chi connectivity index (χ2v) is 5.43. The van der Waals surface area contributed by atoms with Crippen LogP contribution >= 0.6 is 0 Å². The largest absolute Gasteiger partial charge is 0.495 e. The minimum Gasteiger partial charge on any atom is -0.495 e. The van der Waals surface area contributed by atoms with Crippen molar-refractivity contribution in [2.45, 2.75) is 46.7 Å². The molecule has 1 aromatic rings. The first-order valence-corrected chi connectivity index (χ1v) is 7.92. The van der Waals surface area contributed by atoms with E-state index in [1.54, 1.807) is 7.11 Å². The molecule has 1 atom stereocenters. The molecule has 2 heterocycles. The number of carbonyl (C=O) groups excluding carboxylic acids is 1. The van der Waals surface area contributed by atoms with Crippen molar-refractivity contribution >= 4 is 11.6 Å². The average Bonchev–Trinajstić information content (AvgIpc) is 2.98. The Hall–Kier alpha value is -1.55. The maximum absolute atomic E-state index is 12.3. The first-order valence-electron chi connectivity index (χ1n) is 7.92. The number of amides is 1. The lowest BCUT2D eigenvalue weighted by molar-refractivity contribution is -0.123. The summed E-state index contributed by atoms with van der Waals surface area (Å²) in [4.78, 5) is 14.2. The molecule has 0 aliphatic carbocycles. The first kappa shape index (κ1) is 15.8. The van der Waals surface area contributed by atoms with Crippen LogP contribution in [0.2, 0.25) is 0 Å². The van der Waals surface area contributed by atoms with E-state index in [2.05, 4.69) is 17.4 Å². The molecule has 116 valence electrons. The van der Waals surface area contributed by atoms with E-state index in [1.807, 2.05) is 25.7 Å². The minimum atomic E-state index is 0.116. The van der Waals surface area contributed by atoms with E-state index in [0.717, 1.165) is 43.9 Å². The summed E-state index contributed by atoms with van der Waals surface area (Å²) in [6.07, 6.45) is 2.05.